The number of benzene rings is 1. The maximum absolute atomic E-state index is 13.8. The highest BCUT2D eigenvalue weighted by molar-refractivity contribution is 7.80. The summed E-state index contributed by atoms with van der Waals surface area (Å²) in [6.45, 7) is 4.15. The van der Waals surface area contributed by atoms with E-state index >= 15 is 0 Å². The van der Waals surface area contributed by atoms with Gasteiger partial charge in [-0.25, -0.2) is 4.39 Å². The van der Waals surface area contributed by atoms with Crippen molar-refractivity contribution in [3.05, 3.63) is 29.6 Å². The Bertz CT molecular complexity index is 412. The Balaban J connectivity index is 2.66. The number of thiocarbonyl (C=S) groups is 1. The van der Waals surface area contributed by atoms with Gasteiger partial charge < -0.3 is 10.5 Å². The lowest BCUT2D eigenvalue weighted by Gasteiger charge is -2.20. The maximum Gasteiger partial charge on any atom is 0.131 e. The van der Waals surface area contributed by atoms with Crippen molar-refractivity contribution in [2.45, 2.75) is 19.9 Å². The van der Waals surface area contributed by atoms with E-state index in [-0.39, 0.29) is 5.82 Å². The first-order valence-corrected chi connectivity index (χ1v) is 6.30. The van der Waals surface area contributed by atoms with Gasteiger partial charge in [-0.15, -0.1) is 0 Å². The monoisotopic (exact) mass is 270 g/mol. The van der Waals surface area contributed by atoms with Gasteiger partial charge in [0.2, 0.25) is 0 Å². The molecule has 0 heterocycles. The second kappa shape index (κ2) is 7.28. The van der Waals surface area contributed by atoms with Crippen molar-refractivity contribution in [3.63, 3.8) is 0 Å². The van der Waals surface area contributed by atoms with Crippen molar-refractivity contribution in [1.29, 1.82) is 0 Å². The van der Waals surface area contributed by atoms with Crippen LogP contribution in [0, 0.1) is 5.82 Å². The molecule has 0 amide bonds. The van der Waals surface area contributed by atoms with Crippen molar-refractivity contribution in [2.24, 2.45) is 5.73 Å². The summed E-state index contributed by atoms with van der Waals surface area (Å²) in [5, 5.41) is 0. The van der Waals surface area contributed by atoms with E-state index in [2.05, 4.69) is 4.90 Å². The Hall–Kier alpha value is -1.20. The smallest absolute Gasteiger partial charge is 0.131 e. The first-order valence-electron chi connectivity index (χ1n) is 5.90. The van der Waals surface area contributed by atoms with Gasteiger partial charge in [0, 0.05) is 31.1 Å². The van der Waals surface area contributed by atoms with Crippen molar-refractivity contribution >= 4 is 17.2 Å². The topological polar surface area (TPSA) is 38.5 Å². The van der Waals surface area contributed by atoms with Gasteiger partial charge in [0.15, 0.2) is 0 Å². The largest absolute Gasteiger partial charge is 0.497 e. The molecule has 0 atom stereocenters. The summed E-state index contributed by atoms with van der Waals surface area (Å²) >= 11 is 4.85. The van der Waals surface area contributed by atoms with Crippen molar-refractivity contribution < 1.29 is 9.13 Å². The van der Waals surface area contributed by atoms with E-state index in [0.717, 1.165) is 13.1 Å². The molecule has 5 heteroatoms. The SMILES string of the molecule is CCN(CCC(N)=S)Cc1ccc(OC)cc1F. The van der Waals surface area contributed by atoms with E-state index in [1.807, 2.05) is 6.92 Å². The van der Waals surface area contributed by atoms with Gasteiger partial charge in [-0.1, -0.05) is 25.2 Å². The molecule has 1 aromatic rings. The number of ether oxygens (including phenoxy) is 1. The predicted molar refractivity (Wildman–Crippen MR) is 75.3 cm³/mol. The Labute approximate surface area is 113 Å². The molecule has 0 saturated heterocycles. The first kappa shape index (κ1) is 14.9. The van der Waals surface area contributed by atoms with Gasteiger partial charge in [-0.2, -0.15) is 0 Å². The Morgan fingerprint density at radius 1 is 1.50 bits per heavy atom. The zero-order chi connectivity index (χ0) is 13.5. The number of nitrogens with two attached hydrogens (primary N) is 1. The average molecular weight is 270 g/mol. The van der Waals surface area contributed by atoms with Crippen LogP contribution in [0.4, 0.5) is 4.39 Å². The molecule has 0 aromatic heterocycles. The fourth-order valence-corrected chi connectivity index (χ4v) is 1.73. The number of methoxy groups -OCH3 is 1. The lowest BCUT2D eigenvalue weighted by atomic mass is 10.2. The second-order valence-electron chi connectivity index (χ2n) is 4.04. The minimum Gasteiger partial charge on any atom is -0.497 e. The standard InChI is InChI=1S/C13H19FN2OS/c1-3-16(7-6-13(15)18)9-10-4-5-11(17-2)8-12(10)14/h4-5,8H,3,6-7,9H2,1-2H3,(H2,15,18). The number of hydrogen-bond acceptors (Lipinski definition) is 3. The minimum atomic E-state index is -0.247. The fraction of sp³-hybridized carbons (Fsp3) is 0.462. The molecule has 1 rings (SSSR count). The minimum absolute atomic E-state index is 0.247. The van der Waals surface area contributed by atoms with Crippen molar-refractivity contribution in [3.8, 4) is 5.75 Å². The molecule has 18 heavy (non-hydrogen) atoms. The van der Waals surface area contributed by atoms with Crippen LogP contribution in [0.3, 0.4) is 0 Å². The summed E-state index contributed by atoms with van der Waals surface area (Å²) in [7, 11) is 1.52. The maximum atomic E-state index is 13.8. The molecule has 0 spiro atoms. The van der Waals surface area contributed by atoms with Crippen molar-refractivity contribution in [1.82, 2.24) is 4.90 Å². The van der Waals surface area contributed by atoms with Gasteiger partial charge in [-0.05, 0) is 12.6 Å². The molecular weight excluding hydrogens is 251 g/mol. The van der Waals surface area contributed by atoms with E-state index in [0.29, 0.717) is 29.3 Å². The Morgan fingerprint density at radius 2 is 2.22 bits per heavy atom. The molecule has 100 valence electrons. The molecule has 2 N–H and O–H groups in total. The predicted octanol–water partition coefficient (Wildman–Crippen LogP) is 2.33. The van der Waals surface area contributed by atoms with Gasteiger partial charge in [0.05, 0.1) is 12.1 Å². The van der Waals surface area contributed by atoms with E-state index in [1.165, 1.54) is 13.2 Å². The summed E-state index contributed by atoms with van der Waals surface area (Å²) < 4.78 is 18.7. The highest BCUT2D eigenvalue weighted by atomic mass is 32.1. The van der Waals surface area contributed by atoms with Gasteiger partial charge in [0.1, 0.15) is 11.6 Å². The number of rotatable bonds is 7. The average Bonchev–Trinajstić information content (AvgIpc) is 2.35. The molecule has 0 saturated carbocycles. The highest BCUT2D eigenvalue weighted by Crippen LogP contribution is 2.17. The summed E-state index contributed by atoms with van der Waals surface area (Å²) in [4.78, 5) is 2.59. The molecule has 1 aromatic carbocycles. The van der Waals surface area contributed by atoms with Crippen LogP contribution in [0.25, 0.3) is 0 Å². The van der Waals surface area contributed by atoms with Crippen LogP contribution in [-0.4, -0.2) is 30.1 Å². The van der Waals surface area contributed by atoms with Crippen LogP contribution in [0.15, 0.2) is 18.2 Å². The van der Waals surface area contributed by atoms with Crippen LogP contribution in [0.5, 0.6) is 5.75 Å². The molecule has 0 bridgehead atoms. The second-order valence-corrected chi connectivity index (χ2v) is 4.57. The third-order valence-corrected chi connectivity index (χ3v) is 2.98. The summed E-state index contributed by atoms with van der Waals surface area (Å²) in [6, 6.07) is 4.91. The number of halogens is 1. The van der Waals surface area contributed by atoms with E-state index in [4.69, 9.17) is 22.7 Å². The third kappa shape index (κ3) is 4.58. The van der Waals surface area contributed by atoms with Crippen LogP contribution in [-0.2, 0) is 6.54 Å². The normalized spacial score (nSPS) is 10.7. The molecule has 0 unspecified atom stereocenters. The van der Waals surface area contributed by atoms with Crippen molar-refractivity contribution in [2.75, 3.05) is 20.2 Å². The van der Waals surface area contributed by atoms with Crippen LogP contribution >= 0.6 is 12.2 Å². The van der Waals surface area contributed by atoms with Crippen LogP contribution in [0.2, 0.25) is 0 Å². The number of hydrogen-bond donors (Lipinski definition) is 1. The lowest BCUT2D eigenvalue weighted by Crippen LogP contribution is -2.27. The molecular formula is C13H19FN2OS. The van der Waals surface area contributed by atoms with E-state index in [1.54, 1.807) is 12.1 Å². The van der Waals surface area contributed by atoms with Crippen LogP contribution < -0.4 is 10.5 Å². The Morgan fingerprint density at radius 3 is 2.72 bits per heavy atom. The fourth-order valence-electron chi connectivity index (χ4n) is 1.64. The van der Waals surface area contributed by atoms with Crippen LogP contribution in [0.1, 0.15) is 18.9 Å². The third-order valence-electron chi connectivity index (χ3n) is 2.78. The molecule has 0 aliphatic heterocycles. The molecule has 0 aliphatic rings. The zero-order valence-corrected chi connectivity index (χ0v) is 11.6. The van der Waals surface area contributed by atoms with Gasteiger partial charge >= 0.3 is 0 Å². The summed E-state index contributed by atoms with van der Waals surface area (Å²) in [5.74, 6) is 0.283. The van der Waals surface area contributed by atoms with E-state index in [9.17, 15) is 4.39 Å². The zero-order valence-electron chi connectivity index (χ0n) is 10.8. The lowest BCUT2D eigenvalue weighted by molar-refractivity contribution is 0.284. The molecule has 0 fully saturated rings. The highest BCUT2D eigenvalue weighted by Gasteiger charge is 2.09. The number of nitrogens with zero attached hydrogens (tertiary/aromatic N) is 1. The van der Waals surface area contributed by atoms with E-state index < -0.39 is 0 Å². The molecule has 0 aliphatic carbocycles. The van der Waals surface area contributed by atoms with Gasteiger partial charge in [-0.3, -0.25) is 4.90 Å². The van der Waals surface area contributed by atoms with Gasteiger partial charge in [0.25, 0.3) is 0 Å². The Kier molecular flexibility index (Phi) is 6.01. The molecule has 3 nitrogen and oxygen atoms in total. The summed E-state index contributed by atoms with van der Waals surface area (Å²) in [5.41, 5.74) is 6.12. The molecule has 0 radical (unpaired) electrons. The first-order chi connectivity index (χ1) is 8.56. The quantitative estimate of drug-likeness (QED) is 0.772. The summed E-state index contributed by atoms with van der Waals surface area (Å²) in [6.07, 6.45) is 0.654.